The number of rotatable bonds is 5. The SMILES string of the molecule is NC(=O)c1cccc(NCC2CCN(C(=O)OC(C(F)(F)F)C(F)(F)F)CC2)n1. The second-order valence-electron chi connectivity index (χ2n) is 6.43. The van der Waals surface area contributed by atoms with Gasteiger partial charge in [0.2, 0.25) is 0 Å². The van der Waals surface area contributed by atoms with Crippen molar-refractivity contribution in [2.24, 2.45) is 11.7 Å². The number of anilines is 1. The molecule has 0 bridgehead atoms. The van der Waals surface area contributed by atoms with Crippen molar-refractivity contribution in [1.29, 1.82) is 0 Å². The Balaban J connectivity index is 1.84. The standard InChI is InChI=1S/C16H18F6N4O3/c17-15(18,19)13(16(20,21)22)29-14(28)26-6-4-9(5-7-26)8-24-11-3-1-2-10(25-11)12(23)27/h1-3,9,13H,4-8H2,(H2,23,27)(H,24,25). The largest absolute Gasteiger partial charge is 0.434 e. The second-order valence-corrected chi connectivity index (χ2v) is 6.43. The van der Waals surface area contributed by atoms with Gasteiger partial charge in [-0.15, -0.1) is 0 Å². The van der Waals surface area contributed by atoms with Crippen molar-refractivity contribution in [2.75, 3.05) is 25.0 Å². The molecule has 0 aromatic carbocycles. The van der Waals surface area contributed by atoms with Crippen molar-refractivity contribution >= 4 is 17.8 Å². The molecular formula is C16H18F6N4O3. The number of hydrogen-bond acceptors (Lipinski definition) is 5. The van der Waals surface area contributed by atoms with E-state index in [1.165, 1.54) is 6.07 Å². The van der Waals surface area contributed by atoms with Gasteiger partial charge in [-0.2, -0.15) is 26.3 Å². The Morgan fingerprint density at radius 2 is 1.76 bits per heavy atom. The summed E-state index contributed by atoms with van der Waals surface area (Å²) < 4.78 is 78.6. The van der Waals surface area contributed by atoms with Crippen LogP contribution in [0.5, 0.6) is 0 Å². The highest BCUT2D eigenvalue weighted by molar-refractivity contribution is 5.91. The summed E-state index contributed by atoms with van der Waals surface area (Å²) >= 11 is 0. The third-order valence-electron chi connectivity index (χ3n) is 4.26. The van der Waals surface area contributed by atoms with Crippen LogP contribution in [0.3, 0.4) is 0 Å². The monoisotopic (exact) mass is 428 g/mol. The number of ether oxygens (including phenoxy) is 1. The molecule has 1 aliphatic heterocycles. The third-order valence-corrected chi connectivity index (χ3v) is 4.26. The average molecular weight is 428 g/mol. The first kappa shape index (κ1) is 22.6. The maximum absolute atomic E-state index is 12.5. The first-order valence-corrected chi connectivity index (χ1v) is 8.47. The topological polar surface area (TPSA) is 97.6 Å². The predicted octanol–water partition coefficient (Wildman–Crippen LogP) is 2.93. The molecule has 1 fully saturated rings. The molecule has 29 heavy (non-hydrogen) atoms. The molecule has 7 nitrogen and oxygen atoms in total. The van der Waals surface area contributed by atoms with Crippen molar-refractivity contribution in [3.8, 4) is 0 Å². The Morgan fingerprint density at radius 1 is 1.17 bits per heavy atom. The Hall–Kier alpha value is -2.73. The average Bonchev–Trinajstić information content (AvgIpc) is 2.63. The minimum Gasteiger partial charge on any atom is -0.426 e. The van der Waals surface area contributed by atoms with Crippen LogP contribution in [0.15, 0.2) is 18.2 Å². The summed E-state index contributed by atoms with van der Waals surface area (Å²) in [5, 5.41) is 2.97. The van der Waals surface area contributed by atoms with E-state index in [0.717, 1.165) is 4.90 Å². The zero-order valence-corrected chi connectivity index (χ0v) is 14.9. The van der Waals surface area contributed by atoms with Crippen molar-refractivity contribution in [1.82, 2.24) is 9.88 Å². The lowest BCUT2D eigenvalue weighted by Gasteiger charge is -2.33. The van der Waals surface area contributed by atoms with Gasteiger partial charge in [-0.1, -0.05) is 6.07 Å². The summed E-state index contributed by atoms with van der Waals surface area (Å²) in [5.74, 6) is -0.322. The van der Waals surface area contributed by atoms with Gasteiger partial charge < -0.3 is 20.7 Å². The first-order valence-electron chi connectivity index (χ1n) is 8.47. The van der Waals surface area contributed by atoms with Crippen LogP contribution in [0.1, 0.15) is 23.3 Å². The number of halogens is 6. The van der Waals surface area contributed by atoms with Gasteiger partial charge in [-0.25, -0.2) is 9.78 Å². The summed E-state index contributed by atoms with van der Waals surface area (Å²) in [5.41, 5.74) is 5.20. The molecule has 1 aliphatic rings. The second kappa shape index (κ2) is 8.74. The molecule has 2 heterocycles. The molecule has 0 saturated carbocycles. The number of hydrogen-bond donors (Lipinski definition) is 2. The van der Waals surface area contributed by atoms with Gasteiger partial charge >= 0.3 is 18.4 Å². The van der Waals surface area contributed by atoms with Gasteiger partial charge in [0.1, 0.15) is 11.5 Å². The lowest BCUT2D eigenvalue weighted by Crippen LogP contribution is -2.49. The van der Waals surface area contributed by atoms with Crippen LogP contribution in [-0.4, -0.2) is 60.0 Å². The summed E-state index contributed by atoms with van der Waals surface area (Å²) in [4.78, 5) is 27.6. The highest BCUT2D eigenvalue weighted by Gasteiger charge is 2.60. The van der Waals surface area contributed by atoms with E-state index in [1.54, 1.807) is 12.1 Å². The fraction of sp³-hybridized carbons (Fsp3) is 0.562. The highest BCUT2D eigenvalue weighted by atomic mass is 19.4. The van der Waals surface area contributed by atoms with Gasteiger partial charge in [0, 0.05) is 19.6 Å². The molecule has 0 aliphatic carbocycles. The summed E-state index contributed by atoms with van der Waals surface area (Å²) in [6.07, 6.45) is -16.6. The Bertz CT molecular complexity index is 718. The Labute approximate surface area is 161 Å². The van der Waals surface area contributed by atoms with Crippen LogP contribution in [0.25, 0.3) is 0 Å². The van der Waals surface area contributed by atoms with Crippen LogP contribution in [0.2, 0.25) is 0 Å². The molecule has 3 N–H and O–H groups in total. The van der Waals surface area contributed by atoms with E-state index in [4.69, 9.17) is 5.73 Å². The van der Waals surface area contributed by atoms with E-state index in [1.807, 2.05) is 0 Å². The van der Waals surface area contributed by atoms with Gasteiger partial charge in [0.25, 0.3) is 12.0 Å². The maximum Gasteiger partial charge on any atom is 0.434 e. The van der Waals surface area contributed by atoms with Crippen LogP contribution in [-0.2, 0) is 4.74 Å². The van der Waals surface area contributed by atoms with Crippen LogP contribution >= 0.6 is 0 Å². The van der Waals surface area contributed by atoms with E-state index in [-0.39, 0.29) is 24.7 Å². The number of piperidine rings is 1. The fourth-order valence-electron chi connectivity index (χ4n) is 2.73. The highest BCUT2D eigenvalue weighted by Crippen LogP contribution is 2.36. The molecule has 0 spiro atoms. The minimum absolute atomic E-state index is 0.0147. The lowest BCUT2D eigenvalue weighted by molar-refractivity contribution is -0.308. The summed E-state index contributed by atoms with van der Waals surface area (Å²) in [6.45, 7) is 0.274. The molecule has 0 radical (unpaired) electrons. The summed E-state index contributed by atoms with van der Waals surface area (Å²) in [7, 11) is 0. The van der Waals surface area contributed by atoms with E-state index >= 15 is 0 Å². The van der Waals surface area contributed by atoms with E-state index in [9.17, 15) is 35.9 Å². The summed E-state index contributed by atoms with van der Waals surface area (Å²) in [6, 6.07) is 4.62. The number of nitrogens with two attached hydrogens (primary N) is 1. The number of aromatic nitrogens is 1. The Morgan fingerprint density at radius 3 is 2.28 bits per heavy atom. The van der Waals surface area contributed by atoms with Crippen molar-refractivity contribution in [3.05, 3.63) is 23.9 Å². The third kappa shape index (κ3) is 6.39. The number of nitrogens with one attached hydrogen (secondary N) is 1. The smallest absolute Gasteiger partial charge is 0.426 e. The number of amides is 2. The number of alkyl halides is 6. The number of carbonyl (C=O) groups excluding carboxylic acids is 2. The number of likely N-dealkylation sites (tertiary alicyclic amines) is 1. The van der Waals surface area contributed by atoms with Gasteiger partial charge in [0.05, 0.1) is 0 Å². The fourth-order valence-corrected chi connectivity index (χ4v) is 2.73. The lowest BCUT2D eigenvalue weighted by atomic mass is 9.97. The van der Waals surface area contributed by atoms with Gasteiger partial charge in [-0.05, 0) is 30.9 Å². The molecule has 162 valence electrons. The van der Waals surface area contributed by atoms with Crippen molar-refractivity contribution in [3.63, 3.8) is 0 Å². The molecule has 1 saturated heterocycles. The predicted molar refractivity (Wildman–Crippen MR) is 87.9 cm³/mol. The van der Waals surface area contributed by atoms with E-state index in [2.05, 4.69) is 15.0 Å². The van der Waals surface area contributed by atoms with Crippen LogP contribution in [0, 0.1) is 5.92 Å². The van der Waals surface area contributed by atoms with Crippen LogP contribution < -0.4 is 11.1 Å². The quantitative estimate of drug-likeness (QED) is 0.703. The van der Waals surface area contributed by atoms with Gasteiger partial charge in [0.15, 0.2) is 0 Å². The zero-order valence-electron chi connectivity index (χ0n) is 14.9. The molecule has 13 heteroatoms. The molecule has 2 amide bonds. The number of pyridine rings is 1. The van der Waals surface area contributed by atoms with E-state index in [0.29, 0.717) is 25.2 Å². The number of primary amides is 1. The molecule has 2 rings (SSSR count). The normalized spacial score (nSPS) is 16.0. The molecule has 1 aromatic rings. The van der Waals surface area contributed by atoms with Crippen molar-refractivity contribution in [2.45, 2.75) is 31.3 Å². The van der Waals surface area contributed by atoms with Gasteiger partial charge in [-0.3, -0.25) is 4.79 Å². The van der Waals surface area contributed by atoms with Crippen LogP contribution in [0.4, 0.5) is 37.0 Å². The number of nitrogens with zero attached hydrogens (tertiary/aromatic N) is 2. The Kier molecular flexibility index (Phi) is 6.80. The molecule has 1 aromatic heterocycles. The molecule has 0 atom stereocenters. The molecular weight excluding hydrogens is 410 g/mol. The van der Waals surface area contributed by atoms with E-state index < -0.39 is 30.5 Å². The first-order chi connectivity index (χ1) is 13.4. The molecule has 0 unspecified atom stereocenters. The maximum atomic E-state index is 12.5. The minimum atomic E-state index is -5.75. The zero-order chi connectivity index (χ0) is 21.8. The van der Waals surface area contributed by atoms with Crippen molar-refractivity contribution < 1.29 is 40.7 Å². The number of carbonyl (C=O) groups is 2.